The molecule has 0 aliphatic heterocycles. The second-order valence-corrected chi connectivity index (χ2v) is 4.52. The van der Waals surface area contributed by atoms with Crippen molar-refractivity contribution < 1.29 is 4.79 Å². The smallest absolute Gasteiger partial charge is 0.257 e. The van der Waals surface area contributed by atoms with Crippen LogP contribution in [0.25, 0.3) is 0 Å². The molecule has 2 aromatic rings. The molecule has 76 valence electrons. The van der Waals surface area contributed by atoms with Crippen LogP contribution in [0.3, 0.4) is 0 Å². The molecule has 2 rings (SSSR count). The molecule has 3 nitrogen and oxygen atoms in total. The van der Waals surface area contributed by atoms with Crippen LogP contribution in [0.5, 0.6) is 0 Å². The van der Waals surface area contributed by atoms with Crippen molar-refractivity contribution in [1.82, 2.24) is 4.98 Å². The molecule has 0 aliphatic rings. The van der Waals surface area contributed by atoms with Crippen molar-refractivity contribution in [1.29, 1.82) is 0 Å². The van der Waals surface area contributed by atoms with E-state index in [4.69, 9.17) is 0 Å². The van der Waals surface area contributed by atoms with Gasteiger partial charge in [-0.15, -0.1) is 0 Å². The predicted octanol–water partition coefficient (Wildman–Crippen LogP) is 3.16. The first kappa shape index (κ1) is 10.3. The highest BCUT2D eigenvalue weighted by molar-refractivity contribution is 9.10. The molecule has 5 heteroatoms. The van der Waals surface area contributed by atoms with Gasteiger partial charge >= 0.3 is 0 Å². The van der Waals surface area contributed by atoms with E-state index >= 15 is 0 Å². The van der Waals surface area contributed by atoms with Crippen LogP contribution in [0, 0.1) is 0 Å². The zero-order valence-corrected chi connectivity index (χ0v) is 10.0. The van der Waals surface area contributed by atoms with E-state index in [-0.39, 0.29) is 5.91 Å². The summed E-state index contributed by atoms with van der Waals surface area (Å²) in [5.41, 5.74) is 0.657. The molecule has 0 saturated heterocycles. The number of hydrogen-bond acceptors (Lipinski definition) is 3. The highest BCUT2D eigenvalue weighted by Gasteiger charge is 2.06. The normalized spacial score (nSPS) is 9.93. The lowest BCUT2D eigenvalue weighted by Gasteiger charge is -2.01. The molecule has 0 bridgehead atoms. The van der Waals surface area contributed by atoms with Gasteiger partial charge in [-0.1, -0.05) is 0 Å². The van der Waals surface area contributed by atoms with Crippen molar-refractivity contribution in [3.05, 3.63) is 45.2 Å². The SMILES string of the molecule is O=C(Nc1ccc(Br)cn1)c1ccsc1. The van der Waals surface area contributed by atoms with Crippen molar-refractivity contribution in [3.63, 3.8) is 0 Å². The number of pyridine rings is 1. The second kappa shape index (κ2) is 4.55. The van der Waals surface area contributed by atoms with Gasteiger partial charge in [-0.3, -0.25) is 4.79 Å². The second-order valence-electron chi connectivity index (χ2n) is 2.83. The molecular weight excluding hydrogens is 276 g/mol. The maximum atomic E-state index is 11.6. The zero-order valence-electron chi connectivity index (χ0n) is 7.61. The maximum absolute atomic E-state index is 11.6. The third-order valence-corrected chi connectivity index (χ3v) is 2.90. The fraction of sp³-hybridized carbons (Fsp3) is 0. The van der Waals surface area contributed by atoms with Gasteiger partial charge in [0.05, 0.1) is 5.56 Å². The van der Waals surface area contributed by atoms with E-state index in [0.717, 1.165) is 4.47 Å². The van der Waals surface area contributed by atoms with Gasteiger partial charge in [0.1, 0.15) is 5.82 Å². The largest absolute Gasteiger partial charge is 0.307 e. The Labute approximate surface area is 99.3 Å². The average molecular weight is 283 g/mol. The van der Waals surface area contributed by atoms with E-state index in [2.05, 4.69) is 26.2 Å². The quantitative estimate of drug-likeness (QED) is 0.919. The number of aromatic nitrogens is 1. The van der Waals surface area contributed by atoms with Gasteiger partial charge in [0.15, 0.2) is 0 Å². The summed E-state index contributed by atoms with van der Waals surface area (Å²) in [5, 5.41) is 6.37. The molecular formula is C10H7BrN2OS. The standard InChI is InChI=1S/C10H7BrN2OS/c11-8-1-2-9(12-5-8)13-10(14)7-3-4-15-6-7/h1-6H,(H,12,13,14). The molecule has 0 radical (unpaired) electrons. The Hall–Kier alpha value is -1.20. The lowest BCUT2D eigenvalue weighted by molar-refractivity contribution is 0.102. The molecule has 2 aromatic heterocycles. The van der Waals surface area contributed by atoms with Gasteiger partial charge in [0.25, 0.3) is 5.91 Å². The van der Waals surface area contributed by atoms with Crippen LogP contribution in [0.1, 0.15) is 10.4 Å². The maximum Gasteiger partial charge on any atom is 0.257 e. The van der Waals surface area contributed by atoms with Gasteiger partial charge in [-0.25, -0.2) is 4.98 Å². The van der Waals surface area contributed by atoms with Crippen LogP contribution in [0.2, 0.25) is 0 Å². The Kier molecular flexibility index (Phi) is 3.13. The first-order valence-electron chi connectivity index (χ1n) is 4.21. The van der Waals surface area contributed by atoms with Gasteiger partial charge < -0.3 is 5.32 Å². The Morgan fingerprint density at radius 1 is 1.40 bits per heavy atom. The number of anilines is 1. The molecule has 0 atom stereocenters. The van der Waals surface area contributed by atoms with Crippen LogP contribution in [0.4, 0.5) is 5.82 Å². The highest BCUT2D eigenvalue weighted by atomic mass is 79.9. The number of carbonyl (C=O) groups excluding carboxylic acids is 1. The number of rotatable bonds is 2. The molecule has 15 heavy (non-hydrogen) atoms. The van der Waals surface area contributed by atoms with Crippen LogP contribution in [0.15, 0.2) is 39.6 Å². The van der Waals surface area contributed by atoms with Gasteiger partial charge in [0.2, 0.25) is 0 Å². The molecule has 0 saturated carbocycles. The Balaban J connectivity index is 2.09. The molecule has 0 fully saturated rings. The van der Waals surface area contributed by atoms with Crippen molar-refractivity contribution in [3.8, 4) is 0 Å². The van der Waals surface area contributed by atoms with E-state index in [1.165, 1.54) is 11.3 Å². The summed E-state index contributed by atoms with van der Waals surface area (Å²) in [6.45, 7) is 0. The fourth-order valence-electron chi connectivity index (χ4n) is 1.03. The van der Waals surface area contributed by atoms with E-state index in [9.17, 15) is 4.79 Å². The van der Waals surface area contributed by atoms with Crippen molar-refractivity contribution in [2.75, 3.05) is 5.32 Å². The van der Waals surface area contributed by atoms with E-state index in [0.29, 0.717) is 11.4 Å². The van der Waals surface area contributed by atoms with Gasteiger partial charge in [0, 0.05) is 16.0 Å². The van der Waals surface area contributed by atoms with Crippen LogP contribution >= 0.6 is 27.3 Å². The molecule has 0 aromatic carbocycles. The first-order chi connectivity index (χ1) is 7.25. The number of thiophene rings is 1. The third-order valence-electron chi connectivity index (χ3n) is 1.75. The summed E-state index contributed by atoms with van der Waals surface area (Å²) in [5.74, 6) is 0.417. The number of carbonyl (C=O) groups is 1. The summed E-state index contributed by atoms with van der Waals surface area (Å²) in [6.07, 6.45) is 1.64. The van der Waals surface area contributed by atoms with Crippen LogP contribution in [-0.4, -0.2) is 10.9 Å². The number of amides is 1. The van der Waals surface area contributed by atoms with Crippen molar-refractivity contribution >= 4 is 39.0 Å². The minimum atomic E-state index is -0.133. The summed E-state index contributed by atoms with van der Waals surface area (Å²) >= 11 is 4.77. The minimum absolute atomic E-state index is 0.133. The van der Waals surface area contributed by atoms with Crippen LogP contribution < -0.4 is 5.32 Å². The molecule has 2 heterocycles. The summed E-state index contributed by atoms with van der Waals surface area (Å²) in [7, 11) is 0. The highest BCUT2D eigenvalue weighted by Crippen LogP contribution is 2.12. The van der Waals surface area contributed by atoms with E-state index < -0.39 is 0 Å². The number of hydrogen-bond donors (Lipinski definition) is 1. The number of halogens is 1. The summed E-state index contributed by atoms with van der Waals surface area (Å²) < 4.78 is 0.885. The first-order valence-corrected chi connectivity index (χ1v) is 5.94. The summed E-state index contributed by atoms with van der Waals surface area (Å²) in [6, 6.07) is 5.35. The fourth-order valence-corrected chi connectivity index (χ4v) is 1.90. The zero-order chi connectivity index (χ0) is 10.7. The molecule has 0 spiro atoms. The minimum Gasteiger partial charge on any atom is -0.307 e. The van der Waals surface area contributed by atoms with E-state index in [1.54, 1.807) is 23.7 Å². The average Bonchev–Trinajstić information content (AvgIpc) is 2.74. The van der Waals surface area contributed by atoms with E-state index in [1.807, 2.05) is 11.4 Å². The van der Waals surface area contributed by atoms with Crippen molar-refractivity contribution in [2.24, 2.45) is 0 Å². The van der Waals surface area contributed by atoms with Gasteiger partial charge in [-0.05, 0) is 39.5 Å². The topological polar surface area (TPSA) is 42.0 Å². The van der Waals surface area contributed by atoms with Crippen LogP contribution in [-0.2, 0) is 0 Å². The lowest BCUT2D eigenvalue weighted by atomic mass is 10.3. The third kappa shape index (κ3) is 2.64. The molecule has 0 unspecified atom stereocenters. The Morgan fingerprint density at radius 3 is 2.87 bits per heavy atom. The predicted molar refractivity (Wildman–Crippen MR) is 64.2 cm³/mol. The summed E-state index contributed by atoms with van der Waals surface area (Å²) in [4.78, 5) is 15.7. The molecule has 0 aliphatic carbocycles. The molecule has 1 N–H and O–H groups in total. The van der Waals surface area contributed by atoms with Gasteiger partial charge in [-0.2, -0.15) is 11.3 Å². The Morgan fingerprint density at radius 2 is 2.27 bits per heavy atom. The Bertz CT molecular complexity index is 453. The monoisotopic (exact) mass is 282 g/mol. The lowest BCUT2D eigenvalue weighted by Crippen LogP contribution is -2.11. The number of nitrogens with one attached hydrogen (secondary N) is 1. The molecule has 1 amide bonds. The van der Waals surface area contributed by atoms with Crippen molar-refractivity contribution in [2.45, 2.75) is 0 Å². The number of nitrogens with zero attached hydrogens (tertiary/aromatic N) is 1.